The van der Waals surface area contributed by atoms with Gasteiger partial charge in [0.1, 0.15) is 0 Å². The van der Waals surface area contributed by atoms with Gasteiger partial charge < -0.3 is 9.80 Å². The van der Waals surface area contributed by atoms with Crippen LogP contribution < -0.4 is 4.90 Å². The van der Waals surface area contributed by atoms with Crippen molar-refractivity contribution >= 4 is 17.5 Å². The minimum Gasteiger partial charge on any atom is -0.343 e. The SMILES string of the molecule is CCCC(=O)N1CCC(C(=O)N2CCCCc3ccccc32)CC1. The molecule has 0 aromatic heterocycles. The number of nitrogens with zero attached hydrogens (tertiary/aromatic N) is 2. The van der Waals surface area contributed by atoms with Crippen LogP contribution in [0.1, 0.15) is 51.0 Å². The van der Waals surface area contributed by atoms with E-state index in [-0.39, 0.29) is 17.7 Å². The van der Waals surface area contributed by atoms with Gasteiger partial charge >= 0.3 is 0 Å². The number of anilines is 1. The number of carbonyl (C=O) groups excluding carboxylic acids is 2. The van der Waals surface area contributed by atoms with Crippen molar-refractivity contribution in [1.82, 2.24) is 4.90 Å². The topological polar surface area (TPSA) is 40.6 Å². The van der Waals surface area contributed by atoms with E-state index in [0.29, 0.717) is 6.42 Å². The Morgan fingerprint density at radius 1 is 1.08 bits per heavy atom. The molecule has 1 aromatic carbocycles. The number of benzene rings is 1. The first kappa shape index (κ1) is 17.0. The van der Waals surface area contributed by atoms with Crippen LogP contribution in [-0.4, -0.2) is 36.3 Å². The van der Waals surface area contributed by atoms with Gasteiger partial charge in [-0.25, -0.2) is 0 Å². The molecule has 2 amide bonds. The van der Waals surface area contributed by atoms with E-state index < -0.39 is 0 Å². The second-order valence-corrected chi connectivity index (χ2v) is 6.98. The Bertz CT molecular complexity index is 591. The average Bonchev–Trinajstić information content (AvgIpc) is 2.84. The molecule has 1 saturated heterocycles. The Morgan fingerprint density at radius 3 is 2.58 bits per heavy atom. The van der Waals surface area contributed by atoms with Gasteiger partial charge in [0.05, 0.1) is 0 Å². The normalized spacial score (nSPS) is 18.9. The lowest BCUT2D eigenvalue weighted by molar-refractivity contribution is -0.135. The van der Waals surface area contributed by atoms with Gasteiger partial charge in [0.25, 0.3) is 0 Å². The molecule has 1 aromatic rings. The number of piperidine rings is 1. The van der Waals surface area contributed by atoms with Crippen molar-refractivity contribution in [3.8, 4) is 0 Å². The van der Waals surface area contributed by atoms with Crippen molar-refractivity contribution in [3.63, 3.8) is 0 Å². The average molecular weight is 328 g/mol. The fourth-order valence-corrected chi connectivity index (χ4v) is 3.89. The molecule has 0 unspecified atom stereocenters. The van der Waals surface area contributed by atoms with Crippen LogP contribution in [0.15, 0.2) is 24.3 Å². The Balaban J connectivity index is 1.66. The van der Waals surface area contributed by atoms with Crippen LogP contribution in [0.5, 0.6) is 0 Å². The van der Waals surface area contributed by atoms with Crippen LogP contribution in [0.25, 0.3) is 0 Å². The molecule has 130 valence electrons. The van der Waals surface area contributed by atoms with Gasteiger partial charge in [0.2, 0.25) is 11.8 Å². The second-order valence-electron chi connectivity index (χ2n) is 6.98. The molecule has 0 radical (unpaired) electrons. The third kappa shape index (κ3) is 3.63. The summed E-state index contributed by atoms with van der Waals surface area (Å²) in [5, 5.41) is 0. The van der Waals surface area contributed by atoms with Gasteiger partial charge in [0.15, 0.2) is 0 Å². The molecule has 3 rings (SSSR count). The summed E-state index contributed by atoms with van der Waals surface area (Å²) in [7, 11) is 0. The van der Waals surface area contributed by atoms with E-state index in [0.717, 1.165) is 63.8 Å². The highest BCUT2D eigenvalue weighted by Gasteiger charge is 2.31. The summed E-state index contributed by atoms with van der Waals surface area (Å²) in [6.07, 6.45) is 6.38. The summed E-state index contributed by atoms with van der Waals surface area (Å²) < 4.78 is 0. The largest absolute Gasteiger partial charge is 0.343 e. The van der Waals surface area contributed by atoms with Gasteiger partial charge in [-0.3, -0.25) is 9.59 Å². The molecular formula is C20H28N2O2. The minimum absolute atomic E-state index is 0.0573. The number of likely N-dealkylation sites (tertiary alicyclic amines) is 1. The van der Waals surface area contributed by atoms with Gasteiger partial charge in [-0.15, -0.1) is 0 Å². The summed E-state index contributed by atoms with van der Waals surface area (Å²) >= 11 is 0. The second kappa shape index (κ2) is 7.82. The van der Waals surface area contributed by atoms with Crippen molar-refractivity contribution < 1.29 is 9.59 Å². The van der Waals surface area contributed by atoms with E-state index in [1.165, 1.54) is 5.56 Å². The van der Waals surface area contributed by atoms with E-state index in [1.807, 2.05) is 22.8 Å². The molecule has 2 aliphatic heterocycles. The van der Waals surface area contributed by atoms with Crippen LogP contribution in [-0.2, 0) is 16.0 Å². The maximum absolute atomic E-state index is 13.1. The zero-order chi connectivity index (χ0) is 16.9. The first-order chi connectivity index (χ1) is 11.7. The van der Waals surface area contributed by atoms with Gasteiger partial charge in [-0.2, -0.15) is 0 Å². The summed E-state index contributed by atoms with van der Waals surface area (Å²) in [5.41, 5.74) is 2.39. The molecule has 2 aliphatic rings. The number of fused-ring (bicyclic) bond motifs is 1. The van der Waals surface area contributed by atoms with Gasteiger partial charge in [0, 0.05) is 37.7 Å². The number of para-hydroxylation sites is 1. The lowest BCUT2D eigenvalue weighted by Gasteiger charge is -2.34. The first-order valence-electron chi connectivity index (χ1n) is 9.37. The molecule has 4 heteroatoms. The quantitative estimate of drug-likeness (QED) is 0.853. The highest BCUT2D eigenvalue weighted by molar-refractivity contribution is 5.96. The zero-order valence-corrected chi connectivity index (χ0v) is 14.7. The number of carbonyl (C=O) groups is 2. The Hall–Kier alpha value is -1.84. The van der Waals surface area contributed by atoms with Gasteiger partial charge in [-0.1, -0.05) is 25.1 Å². The smallest absolute Gasteiger partial charge is 0.230 e. The van der Waals surface area contributed by atoms with E-state index in [1.54, 1.807) is 0 Å². The van der Waals surface area contributed by atoms with Crippen LogP contribution in [0.2, 0.25) is 0 Å². The Morgan fingerprint density at radius 2 is 1.83 bits per heavy atom. The predicted molar refractivity (Wildman–Crippen MR) is 95.9 cm³/mol. The molecule has 24 heavy (non-hydrogen) atoms. The molecule has 0 saturated carbocycles. The number of rotatable bonds is 3. The molecular weight excluding hydrogens is 300 g/mol. The summed E-state index contributed by atoms with van der Waals surface area (Å²) in [6, 6.07) is 8.31. The zero-order valence-electron chi connectivity index (χ0n) is 14.7. The number of hydrogen-bond donors (Lipinski definition) is 0. The highest BCUT2D eigenvalue weighted by Crippen LogP contribution is 2.29. The van der Waals surface area contributed by atoms with Crippen LogP contribution in [0.4, 0.5) is 5.69 Å². The molecule has 0 bridgehead atoms. The van der Waals surface area contributed by atoms with E-state index >= 15 is 0 Å². The van der Waals surface area contributed by atoms with E-state index in [9.17, 15) is 9.59 Å². The Kier molecular flexibility index (Phi) is 5.54. The van der Waals surface area contributed by atoms with Crippen molar-refractivity contribution in [2.75, 3.05) is 24.5 Å². The van der Waals surface area contributed by atoms with Crippen LogP contribution >= 0.6 is 0 Å². The number of amides is 2. The standard InChI is InChI=1S/C20H28N2O2/c1-2-7-19(23)21-14-11-17(12-15-21)20(24)22-13-6-5-9-16-8-3-4-10-18(16)22/h3-4,8,10,17H,2,5-7,9,11-15H2,1H3. The monoisotopic (exact) mass is 328 g/mol. The van der Waals surface area contributed by atoms with Crippen molar-refractivity contribution in [3.05, 3.63) is 29.8 Å². The maximum Gasteiger partial charge on any atom is 0.230 e. The van der Waals surface area contributed by atoms with E-state index in [4.69, 9.17) is 0 Å². The first-order valence-corrected chi connectivity index (χ1v) is 9.37. The third-order valence-corrected chi connectivity index (χ3v) is 5.29. The summed E-state index contributed by atoms with van der Waals surface area (Å²) in [5.74, 6) is 0.553. The van der Waals surface area contributed by atoms with Crippen molar-refractivity contribution in [2.45, 2.75) is 51.9 Å². The Labute approximate surface area is 144 Å². The molecule has 2 heterocycles. The molecule has 4 nitrogen and oxygen atoms in total. The lowest BCUT2D eigenvalue weighted by Crippen LogP contribution is -2.44. The predicted octanol–water partition coefficient (Wildman–Crippen LogP) is 3.39. The van der Waals surface area contributed by atoms with Crippen molar-refractivity contribution in [1.29, 1.82) is 0 Å². The van der Waals surface area contributed by atoms with Crippen molar-refractivity contribution in [2.24, 2.45) is 5.92 Å². The van der Waals surface area contributed by atoms with Crippen LogP contribution in [0.3, 0.4) is 0 Å². The number of hydrogen-bond acceptors (Lipinski definition) is 2. The van der Waals surface area contributed by atoms with E-state index in [2.05, 4.69) is 18.2 Å². The fourth-order valence-electron chi connectivity index (χ4n) is 3.89. The molecule has 0 spiro atoms. The lowest BCUT2D eigenvalue weighted by atomic mass is 9.94. The molecule has 1 fully saturated rings. The third-order valence-electron chi connectivity index (χ3n) is 5.29. The molecule has 0 aliphatic carbocycles. The van der Waals surface area contributed by atoms with Crippen LogP contribution in [0, 0.1) is 5.92 Å². The number of aryl methyl sites for hydroxylation is 1. The summed E-state index contributed by atoms with van der Waals surface area (Å²) in [4.78, 5) is 29.1. The molecule has 0 atom stereocenters. The van der Waals surface area contributed by atoms with Gasteiger partial charge in [-0.05, 0) is 50.2 Å². The maximum atomic E-state index is 13.1. The summed E-state index contributed by atoms with van der Waals surface area (Å²) in [6.45, 7) is 4.31. The highest BCUT2D eigenvalue weighted by atomic mass is 16.2. The fraction of sp³-hybridized carbons (Fsp3) is 0.600. The minimum atomic E-state index is 0.0573. The molecule has 0 N–H and O–H groups in total.